The standard InChI is InChI=1S/C18H24FN5O/c1-4-20-18(22-13-15-9-10-21-14(2)23-15)24(3)11-12-25-17-8-6-5-7-16(17)19/h5-10H,4,11-13H2,1-3H3,(H,20,22). The molecule has 134 valence electrons. The molecule has 0 bridgehead atoms. The summed E-state index contributed by atoms with van der Waals surface area (Å²) in [5.41, 5.74) is 0.860. The number of para-hydroxylation sites is 1. The van der Waals surface area contributed by atoms with E-state index in [1.165, 1.54) is 6.07 Å². The third kappa shape index (κ3) is 6.02. The van der Waals surface area contributed by atoms with Gasteiger partial charge in [0, 0.05) is 19.8 Å². The van der Waals surface area contributed by atoms with Crippen LogP contribution >= 0.6 is 0 Å². The highest BCUT2D eigenvalue weighted by atomic mass is 19.1. The SMILES string of the molecule is CCNC(=NCc1ccnc(C)n1)N(C)CCOc1ccccc1F. The average molecular weight is 345 g/mol. The highest BCUT2D eigenvalue weighted by Crippen LogP contribution is 2.14. The summed E-state index contributed by atoms with van der Waals surface area (Å²) in [6.45, 7) is 6.00. The molecule has 1 N–H and O–H groups in total. The molecule has 0 aliphatic rings. The quantitative estimate of drug-likeness (QED) is 0.617. The summed E-state index contributed by atoms with van der Waals surface area (Å²) < 4.78 is 19.0. The van der Waals surface area contributed by atoms with Crippen LogP contribution in [0.3, 0.4) is 0 Å². The summed E-state index contributed by atoms with van der Waals surface area (Å²) in [4.78, 5) is 14.9. The fourth-order valence-electron chi connectivity index (χ4n) is 2.18. The highest BCUT2D eigenvalue weighted by molar-refractivity contribution is 5.79. The van der Waals surface area contributed by atoms with E-state index in [1.807, 2.05) is 31.9 Å². The number of aryl methyl sites for hydroxylation is 1. The topological polar surface area (TPSA) is 62.6 Å². The van der Waals surface area contributed by atoms with Crippen molar-refractivity contribution >= 4 is 5.96 Å². The summed E-state index contributed by atoms with van der Waals surface area (Å²) in [7, 11) is 1.91. The molecule has 1 aromatic carbocycles. The van der Waals surface area contributed by atoms with E-state index < -0.39 is 0 Å². The number of hydrogen-bond donors (Lipinski definition) is 1. The fourth-order valence-corrected chi connectivity index (χ4v) is 2.18. The lowest BCUT2D eigenvalue weighted by atomic mass is 10.3. The second kappa shape index (κ2) is 9.56. The second-order valence-corrected chi connectivity index (χ2v) is 5.47. The smallest absolute Gasteiger partial charge is 0.194 e. The molecule has 6 nitrogen and oxygen atoms in total. The lowest BCUT2D eigenvalue weighted by molar-refractivity contribution is 0.270. The predicted octanol–water partition coefficient (Wildman–Crippen LogP) is 2.40. The number of guanidine groups is 1. The Morgan fingerprint density at radius 1 is 1.32 bits per heavy atom. The van der Waals surface area contributed by atoms with Crippen LogP contribution in [0.25, 0.3) is 0 Å². The molecule has 0 saturated heterocycles. The summed E-state index contributed by atoms with van der Waals surface area (Å²) in [5.74, 6) is 1.37. The molecule has 1 aromatic heterocycles. The van der Waals surface area contributed by atoms with Gasteiger partial charge in [-0.15, -0.1) is 0 Å². The van der Waals surface area contributed by atoms with Gasteiger partial charge in [0.1, 0.15) is 12.4 Å². The number of likely N-dealkylation sites (N-methyl/N-ethyl adjacent to an activating group) is 1. The predicted molar refractivity (Wildman–Crippen MR) is 96.1 cm³/mol. The van der Waals surface area contributed by atoms with Crippen LogP contribution in [-0.4, -0.2) is 47.6 Å². The zero-order valence-electron chi connectivity index (χ0n) is 14.9. The van der Waals surface area contributed by atoms with Gasteiger partial charge in [-0.25, -0.2) is 19.4 Å². The second-order valence-electron chi connectivity index (χ2n) is 5.47. The van der Waals surface area contributed by atoms with Gasteiger partial charge in [0.25, 0.3) is 0 Å². The summed E-state index contributed by atoms with van der Waals surface area (Å²) >= 11 is 0. The van der Waals surface area contributed by atoms with Gasteiger partial charge < -0.3 is 15.0 Å². The lowest BCUT2D eigenvalue weighted by Gasteiger charge is -2.22. The first-order valence-corrected chi connectivity index (χ1v) is 8.25. The Hall–Kier alpha value is -2.70. The van der Waals surface area contributed by atoms with Crippen LogP contribution < -0.4 is 10.1 Å². The molecule has 0 amide bonds. The maximum atomic E-state index is 13.5. The van der Waals surface area contributed by atoms with Crippen LogP contribution in [0.5, 0.6) is 5.75 Å². The van der Waals surface area contributed by atoms with E-state index in [4.69, 9.17) is 4.74 Å². The van der Waals surface area contributed by atoms with E-state index in [9.17, 15) is 4.39 Å². The number of aromatic nitrogens is 2. The Kier molecular flexibility index (Phi) is 7.13. The Bertz CT molecular complexity index is 707. The largest absolute Gasteiger partial charge is 0.489 e. The number of nitrogens with zero attached hydrogens (tertiary/aromatic N) is 4. The number of aliphatic imine (C=N–C) groups is 1. The number of nitrogens with one attached hydrogen (secondary N) is 1. The van der Waals surface area contributed by atoms with Gasteiger partial charge in [0.2, 0.25) is 0 Å². The number of ether oxygens (including phenoxy) is 1. The van der Waals surface area contributed by atoms with Gasteiger partial charge in [-0.2, -0.15) is 0 Å². The Morgan fingerprint density at radius 2 is 2.12 bits per heavy atom. The van der Waals surface area contributed by atoms with Crippen LogP contribution in [0, 0.1) is 12.7 Å². The third-order valence-electron chi connectivity index (χ3n) is 3.44. The van der Waals surface area contributed by atoms with E-state index in [0.717, 1.165) is 24.0 Å². The molecular weight excluding hydrogens is 321 g/mol. The molecule has 7 heteroatoms. The number of hydrogen-bond acceptors (Lipinski definition) is 4. The van der Waals surface area contributed by atoms with Crippen LogP contribution in [0.15, 0.2) is 41.5 Å². The number of halogens is 1. The first-order chi connectivity index (χ1) is 12.1. The molecule has 0 aliphatic heterocycles. The van der Waals surface area contributed by atoms with E-state index in [2.05, 4.69) is 20.3 Å². The molecule has 0 atom stereocenters. The van der Waals surface area contributed by atoms with Gasteiger partial charge in [-0.3, -0.25) is 0 Å². The van der Waals surface area contributed by atoms with Crippen molar-refractivity contribution in [3.05, 3.63) is 53.9 Å². The zero-order chi connectivity index (χ0) is 18.1. The monoisotopic (exact) mass is 345 g/mol. The van der Waals surface area contributed by atoms with Crippen molar-refractivity contribution in [3.63, 3.8) is 0 Å². The van der Waals surface area contributed by atoms with Crippen molar-refractivity contribution in [1.82, 2.24) is 20.2 Å². The summed E-state index contributed by atoms with van der Waals surface area (Å²) in [5, 5.41) is 3.23. The van der Waals surface area contributed by atoms with Crippen LogP contribution in [0.1, 0.15) is 18.4 Å². The van der Waals surface area contributed by atoms with Crippen molar-refractivity contribution in [2.75, 3.05) is 26.7 Å². The van der Waals surface area contributed by atoms with Crippen molar-refractivity contribution in [3.8, 4) is 5.75 Å². The van der Waals surface area contributed by atoms with Crippen molar-refractivity contribution in [2.45, 2.75) is 20.4 Å². The normalized spacial score (nSPS) is 11.3. The van der Waals surface area contributed by atoms with Gasteiger partial charge >= 0.3 is 0 Å². The fraction of sp³-hybridized carbons (Fsp3) is 0.389. The minimum Gasteiger partial charge on any atom is -0.489 e. The molecular formula is C18H24FN5O. The van der Waals surface area contributed by atoms with Crippen molar-refractivity contribution < 1.29 is 9.13 Å². The van der Waals surface area contributed by atoms with E-state index in [0.29, 0.717) is 19.7 Å². The molecule has 2 aromatic rings. The van der Waals surface area contributed by atoms with Gasteiger partial charge in [-0.1, -0.05) is 12.1 Å². The Labute approximate surface area is 147 Å². The maximum absolute atomic E-state index is 13.5. The van der Waals surface area contributed by atoms with Gasteiger partial charge in [0.05, 0.1) is 18.8 Å². The van der Waals surface area contributed by atoms with E-state index >= 15 is 0 Å². The first-order valence-electron chi connectivity index (χ1n) is 8.25. The Morgan fingerprint density at radius 3 is 2.84 bits per heavy atom. The third-order valence-corrected chi connectivity index (χ3v) is 3.44. The molecule has 0 fully saturated rings. The molecule has 1 heterocycles. The van der Waals surface area contributed by atoms with Crippen molar-refractivity contribution in [2.24, 2.45) is 4.99 Å². The highest BCUT2D eigenvalue weighted by Gasteiger charge is 2.07. The Balaban J connectivity index is 1.91. The molecule has 25 heavy (non-hydrogen) atoms. The zero-order valence-corrected chi connectivity index (χ0v) is 14.9. The lowest BCUT2D eigenvalue weighted by Crippen LogP contribution is -2.40. The van der Waals surface area contributed by atoms with Crippen molar-refractivity contribution in [1.29, 1.82) is 0 Å². The molecule has 0 radical (unpaired) electrons. The first kappa shape index (κ1) is 18.6. The summed E-state index contributed by atoms with van der Waals surface area (Å²) in [6.07, 6.45) is 1.73. The molecule has 0 spiro atoms. The van der Waals surface area contributed by atoms with E-state index in [1.54, 1.807) is 24.4 Å². The minimum absolute atomic E-state index is 0.259. The number of benzene rings is 1. The van der Waals surface area contributed by atoms with Crippen LogP contribution in [0.4, 0.5) is 4.39 Å². The molecule has 0 aliphatic carbocycles. The maximum Gasteiger partial charge on any atom is 0.194 e. The molecule has 0 unspecified atom stereocenters. The van der Waals surface area contributed by atoms with Crippen LogP contribution in [-0.2, 0) is 6.54 Å². The average Bonchev–Trinajstić information content (AvgIpc) is 2.60. The minimum atomic E-state index is -0.357. The number of rotatable bonds is 7. The summed E-state index contributed by atoms with van der Waals surface area (Å²) in [6, 6.07) is 8.23. The van der Waals surface area contributed by atoms with Gasteiger partial charge in [-0.05, 0) is 32.0 Å². The molecule has 2 rings (SSSR count). The van der Waals surface area contributed by atoms with Crippen LogP contribution in [0.2, 0.25) is 0 Å². The van der Waals surface area contributed by atoms with E-state index in [-0.39, 0.29) is 11.6 Å². The van der Waals surface area contributed by atoms with Gasteiger partial charge in [0.15, 0.2) is 17.5 Å². The molecule has 0 saturated carbocycles.